The van der Waals surface area contributed by atoms with Crippen molar-refractivity contribution in [2.24, 2.45) is 5.73 Å². The van der Waals surface area contributed by atoms with Gasteiger partial charge in [0.2, 0.25) is 0 Å². The van der Waals surface area contributed by atoms with Crippen molar-refractivity contribution in [1.82, 2.24) is 20.2 Å². The van der Waals surface area contributed by atoms with Gasteiger partial charge in [-0.15, -0.1) is 0 Å². The lowest BCUT2D eigenvalue weighted by Crippen LogP contribution is -2.39. The molecule has 3 aliphatic rings. The van der Waals surface area contributed by atoms with E-state index in [-0.39, 0.29) is 42.9 Å². The molecule has 1 aromatic rings. The van der Waals surface area contributed by atoms with Crippen molar-refractivity contribution in [3.63, 3.8) is 0 Å². The molecule has 0 unspecified atom stereocenters. The van der Waals surface area contributed by atoms with Crippen LogP contribution in [0.3, 0.4) is 0 Å². The molecule has 0 spiro atoms. The molecule has 162 valence electrons. The van der Waals surface area contributed by atoms with Gasteiger partial charge in [0.25, 0.3) is 23.6 Å². The fourth-order valence-corrected chi connectivity index (χ4v) is 3.76. The average Bonchev–Trinajstić information content (AvgIpc) is 3.29. The number of carboxylic acid groups (broad SMARTS) is 1. The number of fused-ring (bicyclic) bond motifs is 2. The summed E-state index contributed by atoms with van der Waals surface area (Å²) in [6.45, 7) is -0.474. The predicted octanol–water partition coefficient (Wildman–Crippen LogP) is -2.45. The molecule has 6 N–H and O–H groups in total. The van der Waals surface area contributed by atoms with Gasteiger partial charge in [0.1, 0.15) is 6.04 Å². The molecular formula is C18H17N5O8. The molecule has 13 nitrogen and oxygen atoms in total. The summed E-state index contributed by atoms with van der Waals surface area (Å²) < 4.78 is 0. The molecule has 1 atom stereocenters. The number of phenolic OH excluding ortho intramolecular Hbond substituents is 2. The highest BCUT2D eigenvalue weighted by molar-refractivity contribution is 6.21. The van der Waals surface area contributed by atoms with Crippen LogP contribution < -0.4 is 11.1 Å². The van der Waals surface area contributed by atoms with Crippen molar-refractivity contribution >= 4 is 29.6 Å². The average molecular weight is 431 g/mol. The zero-order valence-corrected chi connectivity index (χ0v) is 15.9. The van der Waals surface area contributed by atoms with Crippen molar-refractivity contribution in [3.05, 3.63) is 34.5 Å². The van der Waals surface area contributed by atoms with Crippen LogP contribution in [0.5, 0.6) is 11.5 Å². The maximum Gasteiger partial charge on any atom is 0.354 e. The Bertz CT molecular complexity index is 1060. The first-order valence-corrected chi connectivity index (χ1v) is 9.13. The van der Waals surface area contributed by atoms with Crippen molar-refractivity contribution in [1.29, 1.82) is 0 Å². The number of hydrogen-bond acceptors (Lipinski definition) is 9. The van der Waals surface area contributed by atoms with E-state index in [2.05, 4.69) is 5.32 Å². The third-order valence-corrected chi connectivity index (χ3v) is 5.22. The molecule has 1 saturated heterocycles. The van der Waals surface area contributed by atoms with Crippen LogP contribution >= 0.6 is 0 Å². The second kappa shape index (κ2) is 7.07. The molecule has 4 amide bonds. The highest BCUT2D eigenvalue weighted by Gasteiger charge is 2.47. The summed E-state index contributed by atoms with van der Waals surface area (Å²) in [5.74, 6) is -5.36. The van der Waals surface area contributed by atoms with E-state index in [4.69, 9.17) is 5.73 Å². The summed E-state index contributed by atoms with van der Waals surface area (Å²) in [6, 6.07) is 1.08. The van der Waals surface area contributed by atoms with Crippen molar-refractivity contribution in [2.45, 2.75) is 6.04 Å². The number of nitrogens with two attached hydrogens (primary N) is 1. The van der Waals surface area contributed by atoms with E-state index in [9.17, 15) is 39.3 Å². The zero-order chi connectivity index (χ0) is 22.6. The predicted molar refractivity (Wildman–Crippen MR) is 99.2 cm³/mol. The summed E-state index contributed by atoms with van der Waals surface area (Å²) in [7, 11) is 0. The summed E-state index contributed by atoms with van der Waals surface area (Å²) in [5.41, 5.74) is 4.84. The van der Waals surface area contributed by atoms with Gasteiger partial charge in [-0.05, 0) is 12.1 Å². The van der Waals surface area contributed by atoms with Crippen LogP contribution in [0.1, 0.15) is 20.7 Å². The number of carboxylic acids is 1. The van der Waals surface area contributed by atoms with Gasteiger partial charge in [-0.2, -0.15) is 0 Å². The van der Waals surface area contributed by atoms with E-state index in [1.165, 1.54) is 5.01 Å². The summed E-state index contributed by atoms with van der Waals surface area (Å²) in [6.07, 6.45) is 0. The summed E-state index contributed by atoms with van der Waals surface area (Å²) in [4.78, 5) is 61.9. The number of aliphatic carboxylic acids is 1. The van der Waals surface area contributed by atoms with Crippen LogP contribution in [0.2, 0.25) is 0 Å². The molecular weight excluding hydrogens is 414 g/mol. The summed E-state index contributed by atoms with van der Waals surface area (Å²) in [5, 5.41) is 33.2. The topological polar surface area (TPSA) is 194 Å². The normalized spacial score (nSPS) is 20.5. The molecule has 3 heterocycles. The van der Waals surface area contributed by atoms with Crippen molar-refractivity contribution in [2.75, 3.05) is 26.2 Å². The Morgan fingerprint density at radius 1 is 1.10 bits per heavy atom. The fourth-order valence-electron chi connectivity index (χ4n) is 3.76. The lowest BCUT2D eigenvalue weighted by atomic mass is 10.1. The van der Waals surface area contributed by atoms with Crippen LogP contribution in [0, 0.1) is 0 Å². The van der Waals surface area contributed by atoms with E-state index in [1.807, 2.05) is 0 Å². The fraction of sp³-hybridized carbons (Fsp3) is 0.278. The minimum Gasteiger partial charge on any atom is -0.504 e. The largest absolute Gasteiger partial charge is 0.504 e. The molecule has 0 aliphatic carbocycles. The molecule has 31 heavy (non-hydrogen) atoms. The lowest BCUT2D eigenvalue weighted by molar-refractivity contribution is -0.143. The van der Waals surface area contributed by atoms with Crippen molar-refractivity contribution < 1.29 is 39.3 Å². The number of nitrogens with zero attached hydrogens (tertiary/aromatic N) is 3. The minimum atomic E-state index is -1.46. The Labute approximate surface area is 173 Å². The standard InChI is InChI=1S/C18H17N5O8/c19-10-6-21-5-9(13(18(30)31)23(21)17(10)29)14(26)20-1-2-22-15(27)7-3-11(24)12(25)4-8(7)16(22)28/h3-4,10,24-25H,1-2,5-6,19H2,(H,20,26)(H,30,31)/t10-/m0/s1. The maximum atomic E-state index is 12.5. The van der Waals surface area contributed by atoms with Crippen LogP contribution in [-0.4, -0.2) is 92.1 Å². The van der Waals surface area contributed by atoms with Gasteiger partial charge in [0.05, 0.1) is 23.2 Å². The molecule has 4 rings (SSSR count). The number of benzene rings is 1. The van der Waals surface area contributed by atoms with E-state index in [1.54, 1.807) is 0 Å². The van der Waals surface area contributed by atoms with Crippen LogP contribution in [0.15, 0.2) is 23.4 Å². The van der Waals surface area contributed by atoms with Crippen LogP contribution in [-0.2, 0) is 14.4 Å². The number of hydrazine groups is 1. The molecule has 1 aromatic carbocycles. The number of carbonyl (C=O) groups excluding carboxylic acids is 4. The van der Waals surface area contributed by atoms with E-state index >= 15 is 0 Å². The lowest BCUT2D eigenvalue weighted by Gasteiger charge is -2.19. The zero-order valence-electron chi connectivity index (χ0n) is 15.9. The van der Waals surface area contributed by atoms with Gasteiger partial charge in [0, 0.05) is 19.6 Å². The molecule has 0 bridgehead atoms. The van der Waals surface area contributed by atoms with Crippen LogP contribution in [0.25, 0.3) is 0 Å². The van der Waals surface area contributed by atoms with Gasteiger partial charge >= 0.3 is 5.97 Å². The van der Waals surface area contributed by atoms with Gasteiger partial charge in [-0.3, -0.25) is 24.1 Å². The molecule has 3 aliphatic heterocycles. The van der Waals surface area contributed by atoms with Crippen LogP contribution in [0.4, 0.5) is 0 Å². The number of rotatable bonds is 5. The highest BCUT2D eigenvalue weighted by Crippen LogP contribution is 2.33. The van der Waals surface area contributed by atoms with Crippen molar-refractivity contribution in [3.8, 4) is 11.5 Å². The highest BCUT2D eigenvalue weighted by atomic mass is 16.4. The monoisotopic (exact) mass is 431 g/mol. The SMILES string of the molecule is N[C@H]1CN2CC(C(=O)NCCN3C(=O)c4cc(O)c(O)cc4C3=O)=C(C(=O)O)N2C1=O. The molecule has 1 fully saturated rings. The quantitative estimate of drug-likeness (QED) is 0.247. The second-order valence-electron chi connectivity index (χ2n) is 7.14. The first-order chi connectivity index (χ1) is 14.6. The maximum absolute atomic E-state index is 12.5. The smallest absolute Gasteiger partial charge is 0.354 e. The number of phenols is 2. The van der Waals surface area contributed by atoms with E-state index < -0.39 is 52.8 Å². The molecule has 0 saturated carbocycles. The Balaban J connectivity index is 1.45. The Morgan fingerprint density at radius 2 is 1.68 bits per heavy atom. The number of amides is 4. The number of hydrogen-bond donors (Lipinski definition) is 5. The Morgan fingerprint density at radius 3 is 2.23 bits per heavy atom. The first kappa shape index (κ1) is 20.3. The minimum absolute atomic E-state index is 0.0706. The molecule has 0 aromatic heterocycles. The third kappa shape index (κ3) is 3.06. The number of aromatic hydroxyl groups is 2. The number of nitrogens with one attached hydrogen (secondary N) is 1. The summed E-state index contributed by atoms with van der Waals surface area (Å²) >= 11 is 0. The second-order valence-corrected chi connectivity index (χ2v) is 7.14. The Kier molecular flexibility index (Phi) is 4.63. The molecule has 0 radical (unpaired) electrons. The third-order valence-electron chi connectivity index (χ3n) is 5.22. The van der Waals surface area contributed by atoms with Gasteiger partial charge in [-0.25, -0.2) is 14.8 Å². The van der Waals surface area contributed by atoms with E-state index in [0.29, 0.717) is 0 Å². The van der Waals surface area contributed by atoms with Gasteiger partial charge < -0.3 is 26.4 Å². The number of imide groups is 1. The van der Waals surface area contributed by atoms with E-state index in [0.717, 1.165) is 22.0 Å². The molecule has 13 heteroatoms. The first-order valence-electron chi connectivity index (χ1n) is 9.13. The van der Waals surface area contributed by atoms with Gasteiger partial charge in [-0.1, -0.05) is 0 Å². The Hall–Kier alpha value is -3.97. The van der Waals surface area contributed by atoms with Gasteiger partial charge in [0.15, 0.2) is 17.2 Å². The number of carbonyl (C=O) groups is 5.